The number of carbonyl (C=O) groups is 1. The summed E-state index contributed by atoms with van der Waals surface area (Å²) in [6.07, 6.45) is 3.77. The number of hydrogen-bond donors (Lipinski definition) is 0. The van der Waals surface area contributed by atoms with Crippen LogP contribution in [0.25, 0.3) is 5.69 Å². The molecular formula is C23H22FN3O3. The molecule has 1 amide bonds. The number of methoxy groups -OCH3 is 1. The lowest BCUT2D eigenvalue weighted by molar-refractivity contribution is 0.0674. The lowest BCUT2D eigenvalue weighted by Crippen LogP contribution is -2.42. The van der Waals surface area contributed by atoms with Gasteiger partial charge in [0.2, 0.25) is 5.88 Å². The number of nitrogens with zero attached hydrogens (tertiary/aromatic N) is 3. The van der Waals surface area contributed by atoms with Crippen LogP contribution in [-0.2, 0) is 6.42 Å². The molecule has 3 aromatic rings. The Morgan fingerprint density at radius 2 is 2.03 bits per heavy atom. The van der Waals surface area contributed by atoms with E-state index in [0.717, 1.165) is 11.1 Å². The molecule has 0 bridgehead atoms. The van der Waals surface area contributed by atoms with Crippen LogP contribution in [0.4, 0.5) is 4.39 Å². The van der Waals surface area contributed by atoms with Crippen LogP contribution in [0.15, 0.2) is 53.6 Å². The Morgan fingerprint density at radius 3 is 2.73 bits per heavy atom. The molecule has 0 saturated carbocycles. The zero-order valence-corrected chi connectivity index (χ0v) is 17.1. The molecule has 0 N–H and O–H groups in total. The maximum Gasteiger partial charge on any atom is 0.268 e. The van der Waals surface area contributed by atoms with E-state index in [9.17, 15) is 14.0 Å². The van der Waals surface area contributed by atoms with E-state index in [-0.39, 0.29) is 23.3 Å². The van der Waals surface area contributed by atoms with Crippen molar-refractivity contribution in [2.24, 2.45) is 0 Å². The number of carbonyl (C=O) groups excluding carboxylic acids is 1. The normalized spacial score (nSPS) is 15.6. The molecule has 0 spiro atoms. The molecule has 2 aromatic heterocycles. The van der Waals surface area contributed by atoms with E-state index in [1.165, 1.54) is 30.0 Å². The number of ether oxygens (including phenoxy) is 1. The van der Waals surface area contributed by atoms with Crippen molar-refractivity contribution >= 4 is 5.91 Å². The lowest BCUT2D eigenvalue weighted by Gasteiger charge is -2.35. The van der Waals surface area contributed by atoms with E-state index >= 15 is 0 Å². The molecule has 1 aliphatic rings. The van der Waals surface area contributed by atoms with Crippen molar-refractivity contribution in [3.8, 4) is 11.6 Å². The number of pyridine rings is 2. The molecule has 30 heavy (non-hydrogen) atoms. The zero-order chi connectivity index (χ0) is 21.4. The van der Waals surface area contributed by atoms with E-state index in [4.69, 9.17) is 4.74 Å². The Kier molecular flexibility index (Phi) is 5.11. The number of aromatic nitrogens is 2. The molecule has 1 atom stereocenters. The Labute approximate surface area is 173 Å². The van der Waals surface area contributed by atoms with Crippen molar-refractivity contribution in [1.82, 2.24) is 14.5 Å². The molecular weight excluding hydrogens is 385 g/mol. The Balaban J connectivity index is 1.73. The summed E-state index contributed by atoms with van der Waals surface area (Å²) in [5, 5.41) is 0. The molecule has 1 unspecified atom stereocenters. The first-order valence-electron chi connectivity index (χ1n) is 9.72. The summed E-state index contributed by atoms with van der Waals surface area (Å²) in [6, 6.07) is 9.44. The van der Waals surface area contributed by atoms with Crippen molar-refractivity contribution in [2.45, 2.75) is 26.3 Å². The van der Waals surface area contributed by atoms with Gasteiger partial charge in [-0.1, -0.05) is 6.07 Å². The Hall–Kier alpha value is -3.48. The molecule has 6 nitrogen and oxygen atoms in total. The Bertz CT molecular complexity index is 1170. The van der Waals surface area contributed by atoms with Gasteiger partial charge in [0.05, 0.1) is 25.0 Å². The van der Waals surface area contributed by atoms with Crippen LogP contribution in [0.3, 0.4) is 0 Å². The van der Waals surface area contributed by atoms with E-state index in [1.807, 2.05) is 6.92 Å². The highest BCUT2D eigenvalue weighted by Crippen LogP contribution is 2.31. The van der Waals surface area contributed by atoms with E-state index in [1.54, 1.807) is 42.3 Å². The van der Waals surface area contributed by atoms with Gasteiger partial charge in [-0.3, -0.25) is 14.2 Å². The third kappa shape index (κ3) is 3.36. The van der Waals surface area contributed by atoms with Crippen molar-refractivity contribution < 1.29 is 13.9 Å². The summed E-state index contributed by atoms with van der Waals surface area (Å²) in [5.41, 5.74) is 2.64. The quantitative estimate of drug-likeness (QED) is 0.667. The highest BCUT2D eigenvalue weighted by atomic mass is 19.1. The molecule has 1 aliphatic heterocycles. The second-order valence-electron chi connectivity index (χ2n) is 7.38. The minimum Gasteiger partial charge on any atom is -0.481 e. The average molecular weight is 407 g/mol. The molecule has 0 aliphatic carbocycles. The summed E-state index contributed by atoms with van der Waals surface area (Å²) in [6.45, 7) is 4.07. The molecule has 7 heteroatoms. The van der Waals surface area contributed by atoms with Crippen LogP contribution in [0.5, 0.6) is 5.88 Å². The predicted molar refractivity (Wildman–Crippen MR) is 111 cm³/mol. The number of amides is 1. The van der Waals surface area contributed by atoms with Gasteiger partial charge in [0.25, 0.3) is 11.5 Å². The van der Waals surface area contributed by atoms with Crippen molar-refractivity contribution in [1.29, 1.82) is 0 Å². The first-order chi connectivity index (χ1) is 14.4. The van der Waals surface area contributed by atoms with Crippen LogP contribution < -0.4 is 10.3 Å². The number of hydrogen-bond acceptors (Lipinski definition) is 4. The number of aryl methyl sites for hydroxylation is 1. The molecule has 0 saturated heterocycles. The molecule has 154 valence electrons. The number of fused-ring (bicyclic) bond motifs is 1. The van der Waals surface area contributed by atoms with Crippen LogP contribution >= 0.6 is 0 Å². The third-order valence-corrected chi connectivity index (χ3v) is 5.63. The van der Waals surface area contributed by atoms with Crippen molar-refractivity contribution in [3.05, 3.63) is 87.2 Å². The summed E-state index contributed by atoms with van der Waals surface area (Å²) >= 11 is 0. The highest BCUT2D eigenvalue weighted by molar-refractivity contribution is 5.95. The van der Waals surface area contributed by atoms with Crippen LogP contribution in [0.1, 0.15) is 40.0 Å². The van der Waals surface area contributed by atoms with Gasteiger partial charge in [0.1, 0.15) is 11.4 Å². The standard InChI is InChI=1S/C23H22FN3O3/c1-14-8-10-27(18-6-7-20(30-3)25-13-18)23(29)21(14)22(28)26-11-9-16-4-5-17(24)12-19(16)15(26)2/h4-8,10,12-13,15H,9,11H2,1-3H3. The van der Waals surface area contributed by atoms with Gasteiger partial charge in [-0.15, -0.1) is 0 Å². The predicted octanol–water partition coefficient (Wildman–Crippen LogP) is 3.45. The second-order valence-corrected chi connectivity index (χ2v) is 7.38. The highest BCUT2D eigenvalue weighted by Gasteiger charge is 2.31. The zero-order valence-electron chi connectivity index (χ0n) is 17.1. The van der Waals surface area contributed by atoms with E-state index in [2.05, 4.69) is 4.98 Å². The second kappa shape index (κ2) is 7.74. The molecule has 0 radical (unpaired) electrons. The van der Waals surface area contributed by atoms with Crippen molar-refractivity contribution in [3.63, 3.8) is 0 Å². The van der Waals surface area contributed by atoms with Crippen LogP contribution in [0.2, 0.25) is 0 Å². The topological polar surface area (TPSA) is 64.4 Å². The molecule has 1 aromatic carbocycles. The van der Waals surface area contributed by atoms with E-state index < -0.39 is 5.56 Å². The van der Waals surface area contributed by atoms with Crippen LogP contribution in [0, 0.1) is 12.7 Å². The summed E-state index contributed by atoms with van der Waals surface area (Å²) < 4.78 is 20.2. The molecule has 4 rings (SSSR count). The fourth-order valence-electron chi connectivity index (χ4n) is 3.93. The fraction of sp³-hybridized carbons (Fsp3) is 0.261. The van der Waals surface area contributed by atoms with Gasteiger partial charge in [0, 0.05) is 18.8 Å². The van der Waals surface area contributed by atoms with E-state index in [0.29, 0.717) is 30.1 Å². The van der Waals surface area contributed by atoms with Gasteiger partial charge >= 0.3 is 0 Å². The molecule has 0 fully saturated rings. The van der Waals surface area contributed by atoms with Gasteiger partial charge in [-0.05, 0) is 61.2 Å². The van der Waals surface area contributed by atoms with Gasteiger partial charge in [-0.25, -0.2) is 9.37 Å². The monoisotopic (exact) mass is 407 g/mol. The van der Waals surface area contributed by atoms with Crippen molar-refractivity contribution in [2.75, 3.05) is 13.7 Å². The largest absolute Gasteiger partial charge is 0.481 e. The number of rotatable bonds is 3. The minimum absolute atomic E-state index is 0.111. The number of benzene rings is 1. The molecule has 3 heterocycles. The number of halogens is 1. The minimum atomic E-state index is -0.413. The first-order valence-corrected chi connectivity index (χ1v) is 9.72. The lowest BCUT2D eigenvalue weighted by atomic mass is 9.92. The Morgan fingerprint density at radius 1 is 1.23 bits per heavy atom. The maximum absolute atomic E-state index is 13.8. The van der Waals surface area contributed by atoms with Gasteiger partial charge < -0.3 is 9.64 Å². The summed E-state index contributed by atoms with van der Waals surface area (Å²) in [5.74, 6) is -0.251. The summed E-state index contributed by atoms with van der Waals surface area (Å²) in [7, 11) is 1.51. The smallest absolute Gasteiger partial charge is 0.268 e. The third-order valence-electron chi connectivity index (χ3n) is 5.63. The SMILES string of the molecule is COc1ccc(-n2ccc(C)c(C(=O)N3CCc4ccc(F)cc4C3C)c2=O)cn1. The maximum atomic E-state index is 13.8. The fourth-order valence-corrected chi connectivity index (χ4v) is 3.93. The van der Waals surface area contributed by atoms with Gasteiger partial charge in [-0.2, -0.15) is 0 Å². The summed E-state index contributed by atoms with van der Waals surface area (Å²) in [4.78, 5) is 32.4. The van der Waals surface area contributed by atoms with Gasteiger partial charge in [0.15, 0.2) is 0 Å². The average Bonchev–Trinajstić information content (AvgIpc) is 2.74. The van der Waals surface area contributed by atoms with Crippen LogP contribution in [-0.4, -0.2) is 34.0 Å². The first kappa shape index (κ1) is 19.8.